The second-order valence-electron chi connectivity index (χ2n) is 4.23. The van der Waals surface area contributed by atoms with Gasteiger partial charge in [-0.2, -0.15) is 0 Å². The molecule has 0 aliphatic carbocycles. The molecule has 0 aliphatic heterocycles. The lowest BCUT2D eigenvalue weighted by molar-refractivity contribution is 0.0998. The molecule has 2 aromatic carbocycles. The molecular formula is C15H9BrClNO2. The number of nitrogens with one attached hydrogen (secondary N) is 1. The fourth-order valence-electron chi connectivity index (χ4n) is 1.90. The van der Waals surface area contributed by atoms with E-state index < -0.39 is 0 Å². The van der Waals surface area contributed by atoms with Crippen LogP contribution < -0.4 is 5.32 Å². The fourth-order valence-corrected chi connectivity index (χ4v) is 2.55. The van der Waals surface area contributed by atoms with E-state index in [0.29, 0.717) is 16.3 Å². The van der Waals surface area contributed by atoms with Crippen molar-refractivity contribution in [3.63, 3.8) is 0 Å². The highest BCUT2D eigenvalue weighted by atomic mass is 79.9. The molecule has 0 saturated carbocycles. The van der Waals surface area contributed by atoms with Crippen molar-refractivity contribution in [2.75, 3.05) is 5.32 Å². The summed E-state index contributed by atoms with van der Waals surface area (Å²) in [5.74, 6) is -0.0535. The Labute approximate surface area is 128 Å². The van der Waals surface area contributed by atoms with Crippen molar-refractivity contribution in [1.29, 1.82) is 0 Å². The van der Waals surface area contributed by atoms with E-state index in [1.54, 1.807) is 30.3 Å². The molecule has 1 aromatic heterocycles. The van der Waals surface area contributed by atoms with Gasteiger partial charge < -0.3 is 9.73 Å². The molecule has 5 heteroatoms. The monoisotopic (exact) mass is 349 g/mol. The summed E-state index contributed by atoms with van der Waals surface area (Å²) in [5, 5.41) is 4.18. The first-order valence-electron chi connectivity index (χ1n) is 5.88. The van der Waals surface area contributed by atoms with Gasteiger partial charge in [0.15, 0.2) is 5.76 Å². The summed E-state index contributed by atoms with van der Waals surface area (Å²) in [4.78, 5) is 12.1. The van der Waals surface area contributed by atoms with Gasteiger partial charge in [0.05, 0.1) is 0 Å². The van der Waals surface area contributed by atoms with Gasteiger partial charge in [-0.15, -0.1) is 0 Å². The third-order valence-corrected chi connectivity index (χ3v) is 3.74. The molecule has 0 bridgehead atoms. The van der Waals surface area contributed by atoms with Crippen molar-refractivity contribution < 1.29 is 9.21 Å². The van der Waals surface area contributed by atoms with E-state index in [2.05, 4.69) is 21.2 Å². The van der Waals surface area contributed by atoms with Crippen LogP contribution in [-0.2, 0) is 0 Å². The van der Waals surface area contributed by atoms with Gasteiger partial charge in [0.25, 0.3) is 5.91 Å². The molecule has 0 fully saturated rings. The second kappa shape index (κ2) is 5.31. The molecule has 0 spiro atoms. The lowest BCUT2D eigenvalue weighted by Gasteiger charge is -2.02. The van der Waals surface area contributed by atoms with E-state index in [1.807, 2.05) is 18.2 Å². The maximum absolute atomic E-state index is 12.1. The molecule has 0 aliphatic rings. The Bertz CT molecular complexity index is 797. The summed E-state index contributed by atoms with van der Waals surface area (Å²) in [7, 11) is 0. The van der Waals surface area contributed by atoms with Crippen molar-refractivity contribution in [3.05, 3.63) is 63.8 Å². The van der Waals surface area contributed by atoms with Crippen molar-refractivity contribution in [1.82, 2.24) is 0 Å². The molecule has 0 radical (unpaired) electrons. The van der Waals surface area contributed by atoms with Crippen LogP contribution in [0.4, 0.5) is 5.69 Å². The van der Waals surface area contributed by atoms with Crippen LogP contribution in [-0.4, -0.2) is 5.91 Å². The zero-order chi connectivity index (χ0) is 14.1. The van der Waals surface area contributed by atoms with Crippen LogP contribution in [0.15, 0.2) is 57.4 Å². The summed E-state index contributed by atoms with van der Waals surface area (Å²) >= 11 is 9.30. The summed E-state index contributed by atoms with van der Waals surface area (Å²) in [5.41, 5.74) is 1.29. The molecular weight excluding hydrogens is 342 g/mol. The van der Waals surface area contributed by atoms with Crippen LogP contribution in [0.1, 0.15) is 10.6 Å². The summed E-state index contributed by atoms with van der Waals surface area (Å²) in [6.07, 6.45) is 0. The molecule has 1 N–H and O–H groups in total. The molecule has 1 heterocycles. The Kier molecular flexibility index (Phi) is 3.51. The van der Waals surface area contributed by atoms with Gasteiger partial charge >= 0.3 is 0 Å². The van der Waals surface area contributed by atoms with E-state index in [0.717, 1.165) is 9.86 Å². The van der Waals surface area contributed by atoms with Crippen LogP contribution >= 0.6 is 27.5 Å². The van der Waals surface area contributed by atoms with Crippen molar-refractivity contribution in [3.8, 4) is 0 Å². The van der Waals surface area contributed by atoms with Crippen LogP contribution in [0.5, 0.6) is 0 Å². The van der Waals surface area contributed by atoms with Crippen LogP contribution in [0.3, 0.4) is 0 Å². The Hall–Kier alpha value is -1.78. The number of halogens is 2. The van der Waals surface area contributed by atoms with Crippen LogP contribution in [0.25, 0.3) is 11.0 Å². The number of furan rings is 1. The first kappa shape index (κ1) is 13.2. The third-order valence-electron chi connectivity index (χ3n) is 2.81. The summed E-state index contributed by atoms with van der Waals surface area (Å²) in [6.45, 7) is 0. The van der Waals surface area contributed by atoms with Gasteiger partial charge in [-0.25, -0.2) is 0 Å². The average molecular weight is 351 g/mol. The van der Waals surface area contributed by atoms with Crippen molar-refractivity contribution in [2.24, 2.45) is 0 Å². The van der Waals surface area contributed by atoms with Crippen molar-refractivity contribution >= 4 is 50.1 Å². The standard InChI is InChI=1S/C15H9BrClNO2/c16-12-5-2-6-13-11(12)8-14(20-13)15(19)18-10-4-1-3-9(17)7-10/h1-8H,(H,18,19). The quantitative estimate of drug-likeness (QED) is 0.698. The predicted octanol–water partition coefficient (Wildman–Crippen LogP) is 5.10. The maximum Gasteiger partial charge on any atom is 0.291 e. The first-order valence-corrected chi connectivity index (χ1v) is 7.05. The topological polar surface area (TPSA) is 42.2 Å². The van der Waals surface area contributed by atoms with Crippen LogP contribution in [0.2, 0.25) is 5.02 Å². The van der Waals surface area contributed by atoms with E-state index in [4.69, 9.17) is 16.0 Å². The lowest BCUT2D eigenvalue weighted by atomic mass is 10.2. The van der Waals surface area contributed by atoms with E-state index in [9.17, 15) is 4.79 Å². The minimum Gasteiger partial charge on any atom is -0.451 e. The molecule has 3 aromatic rings. The van der Waals surface area contributed by atoms with Crippen molar-refractivity contribution in [2.45, 2.75) is 0 Å². The van der Waals surface area contributed by atoms with Gasteiger partial charge in [-0.1, -0.05) is 39.7 Å². The normalized spacial score (nSPS) is 10.7. The number of carbonyl (C=O) groups is 1. The zero-order valence-electron chi connectivity index (χ0n) is 10.2. The average Bonchev–Trinajstić information content (AvgIpc) is 2.84. The van der Waals surface area contributed by atoms with Gasteiger partial charge in [0, 0.05) is 20.6 Å². The summed E-state index contributed by atoms with van der Waals surface area (Å²) in [6, 6.07) is 14.2. The highest BCUT2D eigenvalue weighted by Gasteiger charge is 2.13. The number of anilines is 1. The third kappa shape index (κ3) is 2.57. The van der Waals surface area contributed by atoms with E-state index in [1.165, 1.54) is 0 Å². The Morgan fingerprint density at radius 2 is 1.95 bits per heavy atom. The number of amides is 1. The molecule has 0 atom stereocenters. The number of hydrogen-bond acceptors (Lipinski definition) is 2. The molecule has 100 valence electrons. The van der Waals surface area contributed by atoms with Gasteiger partial charge in [0.2, 0.25) is 0 Å². The van der Waals surface area contributed by atoms with Gasteiger partial charge in [-0.3, -0.25) is 4.79 Å². The van der Waals surface area contributed by atoms with E-state index >= 15 is 0 Å². The fraction of sp³-hybridized carbons (Fsp3) is 0. The SMILES string of the molecule is O=C(Nc1cccc(Cl)c1)c1cc2c(Br)cccc2o1. The van der Waals surface area contributed by atoms with Gasteiger partial charge in [0.1, 0.15) is 5.58 Å². The number of fused-ring (bicyclic) bond motifs is 1. The maximum atomic E-state index is 12.1. The highest BCUT2D eigenvalue weighted by Crippen LogP contribution is 2.27. The smallest absolute Gasteiger partial charge is 0.291 e. The highest BCUT2D eigenvalue weighted by molar-refractivity contribution is 9.10. The molecule has 20 heavy (non-hydrogen) atoms. The number of benzene rings is 2. The number of carbonyl (C=O) groups excluding carboxylic acids is 1. The van der Waals surface area contributed by atoms with E-state index in [-0.39, 0.29) is 11.7 Å². The minimum atomic E-state index is -0.310. The first-order chi connectivity index (χ1) is 9.63. The Balaban J connectivity index is 1.91. The predicted molar refractivity (Wildman–Crippen MR) is 83.3 cm³/mol. The van der Waals surface area contributed by atoms with Gasteiger partial charge in [-0.05, 0) is 36.4 Å². The van der Waals surface area contributed by atoms with Crippen LogP contribution in [0, 0.1) is 0 Å². The Morgan fingerprint density at radius 1 is 1.15 bits per heavy atom. The Morgan fingerprint density at radius 3 is 2.70 bits per heavy atom. The molecule has 3 rings (SSSR count). The molecule has 1 amide bonds. The number of rotatable bonds is 2. The largest absolute Gasteiger partial charge is 0.451 e. The zero-order valence-corrected chi connectivity index (χ0v) is 12.5. The minimum absolute atomic E-state index is 0.256. The second-order valence-corrected chi connectivity index (χ2v) is 5.52. The molecule has 0 saturated heterocycles. The number of hydrogen-bond donors (Lipinski definition) is 1. The molecule has 3 nitrogen and oxygen atoms in total. The molecule has 0 unspecified atom stereocenters. The summed E-state index contributed by atoms with van der Waals surface area (Å²) < 4.78 is 6.43. The lowest BCUT2D eigenvalue weighted by Crippen LogP contribution is -2.10.